The molecule has 0 aromatic carbocycles. The number of nitrogens with zero attached hydrogens (tertiary/aromatic N) is 1. The molecule has 0 bridgehead atoms. The van der Waals surface area contributed by atoms with Crippen LogP contribution in [-0.2, 0) is 23.8 Å². The van der Waals surface area contributed by atoms with E-state index in [4.69, 9.17) is 14.2 Å². The number of carbonyl (C=O) groups is 2. The van der Waals surface area contributed by atoms with Crippen LogP contribution in [0.3, 0.4) is 0 Å². The predicted molar refractivity (Wildman–Crippen MR) is 225 cm³/mol. The maximum atomic E-state index is 12.0. The highest BCUT2D eigenvalue weighted by Crippen LogP contribution is 2.12. The number of aliphatic hydroxyl groups is 1. The largest absolute Gasteiger partial charge is 0.477 e. The molecule has 0 heterocycles. The highest BCUT2D eigenvalue weighted by Gasteiger charge is 2.22. The quantitative estimate of drug-likeness (QED) is 0.0216. The molecule has 2 atom stereocenters. The SMILES string of the molecule is CC/C=C\C/C=C\C/C=C\C/C=C\C/C=C\C/C=C\C/C=C\C/C=C\CCCCCCCCCCC(=O)OCC(O)COC(OCC[N+](C)(C)C)C(=O)O. The first kappa shape index (κ1) is 50.7. The number of rotatable bonds is 36. The molecule has 54 heavy (non-hydrogen) atoms. The van der Waals surface area contributed by atoms with Crippen LogP contribution in [0, 0.1) is 0 Å². The van der Waals surface area contributed by atoms with E-state index >= 15 is 0 Å². The molecule has 0 aliphatic carbocycles. The second kappa shape index (κ2) is 38.0. The van der Waals surface area contributed by atoms with Gasteiger partial charge in [-0.05, 0) is 70.6 Å². The van der Waals surface area contributed by atoms with Crippen molar-refractivity contribution in [1.82, 2.24) is 0 Å². The number of aliphatic carboxylic acids is 1. The number of allylic oxidation sites excluding steroid dienone is 16. The van der Waals surface area contributed by atoms with Crippen molar-refractivity contribution in [3.05, 3.63) is 97.2 Å². The van der Waals surface area contributed by atoms with Crippen molar-refractivity contribution in [3.63, 3.8) is 0 Å². The van der Waals surface area contributed by atoms with E-state index < -0.39 is 18.4 Å². The monoisotopic (exact) mass is 755 g/mol. The molecular weight excluding hydrogens is 679 g/mol. The van der Waals surface area contributed by atoms with E-state index in [1.54, 1.807) is 0 Å². The Morgan fingerprint density at radius 2 is 0.963 bits per heavy atom. The molecule has 306 valence electrons. The summed E-state index contributed by atoms with van der Waals surface area (Å²) in [5.74, 6) is -1.63. The highest BCUT2D eigenvalue weighted by molar-refractivity contribution is 5.70. The standard InChI is InChI=1S/C46H75NO7/c1-5-6-7-8-9-10-11-12-13-14-15-16-17-18-19-20-21-22-23-24-25-26-27-28-29-30-31-32-33-34-35-36-37-38-44(49)53-41-43(48)42-54-46(45(50)51)52-40-39-47(2,3)4/h6-7,9-10,12-13,15-16,18-19,21-22,24-25,27-28,43,46,48H,5,8,11,14,17,20,23,26,29-42H2,1-4H3/p+1/b7-6-,10-9-,13-12-,16-15-,19-18-,22-21-,25-24-,28-27-. The number of esters is 1. The molecule has 0 spiro atoms. The maximum Gasteiger partial charge on any atom is 0.361 e. The second-order valence-corrected chi connectivity index (χ2v) is 14.4. The van der Waals surface area contributed by atoms with Gasteiger partial charge in [-0.3, -0.25) is 4.79 Å². The summed E-state index contributed by atoms with van der Waals surface area (Å²) in [4.78, 5) is 23.3. The maximum absolute atomic E-state index is 12.0. The number of likely N-dealkylation sites (N-methyl/N-ethyl adjacent to an activating group) is 1. The van der Waals surface area contributed by atoms with E-state index in [0.29, 0.717) is 17.4 Å². The third kappa shape index (κ3) is 39.9. The molecule has 0 saturated carbocycles. The molecule has 2 N–H and O–H groups in total. The van der Waals surface area contributed by atoms with Gasteiger partial charge in [0.15, 0.2) is 0 Å². The molecule has 8 nitrogen and oxygen atoms in total. The number of aliphatic hydroxyl groups excluding tert-OH is 1. The number of hydrogen-bond acceptors (Lipinski definition) is 6. The van der Waals surface area contributed by atoms with Gasteiger partial charge in [0, 0.05) is 6.42 Å². The van der Waals surface area contributed by atoms with E-state index in [1.807, 2.05) is 21.1 Å². The number of quaternary nitrogens is 1. The van der Waals surface area contributed by atoms with Crippen LogP contribution < -0.4 is 0 Å². The third-order valence-corrected chi connectivity index (χ3v) is 8.09. The molecule has 0 fully saturated rings. The van der Waals surface area contributed by atoms with Gasteiger partial charge < -0.3 is 28.9 Å². The van der Waals surface area contributed by atoms with Crippen molar-refractivity contribution < 1.29 is 38.5 Å². The summed E-state index contributed by atoms with van der Waals surface area (Å²) in [6, 6.07) is 0. The summed E-state index contributed by atoms with van der Waals surface area (Å²) >= 11 is 0. The van der Waals surface area contributed by atoms with E-state index in [1.165, 1.54) is 32.1 Å². The highest BCUT2D eigenvalue weighted by atomic mass is 16.7. The molecule has 0 rings (SSSR count). The molecule has 0 aliphatic heterocycles. The van der Waals surface area contributed by atoms with Gasteiger partial charge in [0.25, 0.3) is 6.29 Å². The lowest BCUT2D eigenvalue weighted by molar-refractivity contribution is -0.870. The lowest BCUT2D eigenvalue weighted by atomic mass is 10.1. The smallest absolute Gasteiger partial charge is 0.361 e. The fraction of sp³-hybridized carbons (Fsp3) is 0.609. The van der Waals surface area contributed by atoms with Crippen molar-refractivity contribution in [3.8, 4) is 0 Å². The summed E-state index contributed by atoms with van der Waals surface area (Å²) < 4.78 is 16.2. The van der Waals surface area contributed by atoms with Gasteiger partial charge in [-0.2, -0.15) is 0 Å². The summed E-state index contributed by atoms with van der Waals surface area (Å²) in [6.45, 7) is 2.44. The molecule has 0 aliphatic rings. The van der Waals surface area contributed by atoms with Gasteiger partial charge >= 0.3 is 11.9 Å². The van der Waals surface area contributed by atoms with Gasteiger partial charge in [-0.15, -0.1) is 0 Å². The predicted octanol–water partition coefficient (Wildman–Crippen LogP) is 10.5. The molecule has 0 saturated heterocycles. The molecule has 0 aromatic rings. The lowest BCUT2D eigenvalue weighted by Gasteiger charge is -2.24. The van der Waals surface area contributed by atoms with Crippen molar-refractivity contribution in [1.29, 1.82) is 0 Å². The van der Waals surface area contributed by atoms with Crippen molar-refractivity contribution in [2.45, 2.75) is 135 Å². The fourth-order valence-corrected chi connectivity index (χ4v) is 4.91. The number of unbranched alkanes of at least 4 members (excludes halogenated alkanes) is 8. The van der Waals surface area contributed by atoms with E-state index in [9.17, 15) is 19.8 Å². The second-order valence-electron chi connectivity index (χ2n) is 14.4. The number of carbonyl (C=O) groups excluding carboxylic acids is 1. The summed E-state index contributed by atoms with van der Waals surface area (Å²) in [5, 5.41) is 19.2. The first-order valence-corrected chi connectivity index (χ1v) is 20.5. The summed E-state index contributed by atoms with van der Waals surface area (Å²) in [6.07, 6.45) is 51.6. The summed E-state index contributed by atoms with van der Waals surface area (Å²) in [5.41, 5.74) is 0. The molecule has 0 amide bonds. The van der Waals surface area contributed by atoms with Crippen LogP contribution in [0.1, 0.15) is 122 Å². The minimum atomic E-state index is -1.47. The van der Waals surface area contributed by atoms with Gasteiger partial charge in [0.2, 0.25) is 0 Å². The van der Waals surface area contributed by atoms with Gasteiger partial charge in [-0.25, -0.2) is 4.79 Å². The third-order valence-electron chi connectivity index (χ3n) is 8.09. The van der Waals surface area contributed by atoms with Crippen LogP contribution in [0.2, 0.25) is 0 Å². The van der Waals surface area contributed by atoms with Crippen LogP contribution in [0.5, 0.6) is 0 Å². The fourth-order valence-electron chi connectivity index (χ4n) is 4.91. The van der Waals surface area contributed by atoms with E-state index in [0.717, 1.165) is 77.0 Å². The first-order chi connectivity index (χ1) is 26.2. The van der Waals surface area contributed by atoms with Crippen LogP contribution >= 0.6 is 0 Å². The van der Waals surface area contributed by atoms with Gasteiger partial charge in [0.05, 0.1) is 34.4 Å². The average Bonchev–Trinajstić information content (AvgIpc) is 3.13. The molecule has 0 aromatic heterocycles. The first-order valence-electron chi connectivity index (χ1n) is 20.5. The Labute approximate surface area is 329 Å². The Balaban J connectivity index is 3.62. The molecule has 2 unspecified atom stereocenters. The molecule has 0 radical (unpaired) electrons. The normalized spacial score (nSPS) is 14.2. The van der Waals surface area contributed by atoms with Crippen LogP contribution in [-0.4, -0.2) is 86.5 Å². The lowest BCUT2D eigenvalue weighted by Crippen LogP contribution is -2.40. The van der Waals surface area contributed by atoms with Gasteiger partial charge in [-0.1, -0.05) is 143 Å². The van der Waals surface area contributed by atoms with Crippen LogP contribution in [0.15, 0.2) is 97.2 Å². The Bertz CT molecular complexity index is 1140. The topological polar surface area (TPSA) is 102 Å². The molecular formula is C46H76NO7+. The van der Waals surface area contributed by atoms with E-state index in [2.05, 4.69) is 104 Å². The minimum absolute atomic E-state index is 0.204. The van der Waals surface area contributed by atoms with Crippen molar-refractivity contribution in [2.24, 2.45) is 0 Å². The average molecular weight is 755 g/mol. The number of carboxylic acid groups (broad SMARTS) is 1. The summed E-state index contributed by atoms with van der Waals surface area (Å²) in [7, 11) is 5.91. The zero-order valence-electron chi connectivity index (χ0n) is 34.3. The Morgan fingerprint density at radius 1 is 0.556 bits per heavy atom. The Hall–Kier alpha value is -3.30. The van der Waals surface area contributed by atoms with E-state index in [-0.39, 0.29) is 25.8 Å². The molecule has 8 heteroatoms. The number of carboxylic acids is 1. The number of hydrogen-bond donors (Lipinski definition) is 2. The Morgan fingerprint density at radius 3 is 1.39 bits per heavy atom. The van der Waals surface area contributed by atoms with Crippen LogP contribution in [0.4, 0.5) is 0 Å². The van der Waals surface area contributed by atoms with Gasteiger partial charge in [0.1, 0.15) is 19.3 Å². The zero-order valence-corrected chi connectivity index (χ0v) is 34.3. The van der Waals surface area contributed by atoms with Crippen LogP contribution in [0.25, 0.3) is 0 Å². The number of ether oxygens (including phenoxy) is 3. The van der Waals surface area contributed by atoms with Crippen molar-refractivity contribution >= 4 is 11.9 Å². The Kier molecular flexibility index (Phi) is 35.7. The minimum Gasteiger partial charge on any atom is -0.477 e. The zero-order chi connectivity index (χ0) is 39.8. The van der Waals surface area contributed by atoms with Crippen molar-refractivity contribution in [2.75, 3.05) is 47.5 Å².